The Morgan fingerprint density at radius 2 is 1.73 bits per heavy atom. The zero-order valence-corrected chi connectivity index (χ0v) is 19.0. The average molecular weight is 450 g/mol. The van der Waals surface area contributed by atoms with Crippen molar-refractivity contribution in [3.63, 3.8) is 0 Å². The van der Waals surface area contributed by atoms with Gasteiger partial charge in [0.25, 0.3) is 10.0 Å². The first kappa shape index (κ1) is 22.5. The number of carbonyl (C=O) groups is 2. The van der Waals surface area contributed by atoms with Crippen LogP contribution in [0.1, 0.15) is 38.0 Å². The Hall–Kier alpha value is -2.23. The second-order valence-electron chi connectivity index (χ2n) is 7.85. The van der Waals surface area contributed by atoms with Crippen LogP contribution in [0, 0.1) is 12.8 Å². The van der Waals surface area contributed by atoms with Gasteiger partial charge < -0.3 is 10.6 Å². The molecule has 2 heterocycles. The molecular weight excluding hydrogens is 422 g/mol. The second-order valence-corrected chi connectivity index (χ2v) is 11.3. The molecule has 2 aromatic rings. The summed E-state index contributed by atoms with van der Waals surface area (Å²) in [6, 6.07) is 9.44. The van der Waals surface area contributed by atoms with Crippen LogP contribution in [-0.2, 0) is 19.6 Å². The summed E-state index contributed by atoms with van der Waals surface area (Å²) in [6.45, 7) is 6.14. The highest BCUT2D eigenvalue weighted by Crippen LogP contribution is 2.30. The molecule has 1 aliphatic rings. The maximum absolute atomic E-state index is 13.0. The molecule has 0 spiro atoms. The van der Waals surface area contributed by atoms with Crippen molar-refractivity contribution in [1.82, 2.24) is 4.31 Å². The van der Waals surface area contributed by atoms with Gasteiger partial charge in [0.15, 0.2) is 0 Å². The van der Waals surface area contributed by atoms with E-state index in [1.54, 1.807) is 36.4 Å². The molecule has 0 bridgehead atoms. The predicted octanol–water partition coefficient (Wildman–Crippen LogP) is 3.83. The summed E-state index contributed by atoms with van der Waals surface area (Å²) < 4.78 is 27.5. The average Bonchev–Trinajstić information content (AvgIpc) is 3.32. The summed E-state index contributed by atoms with van der Waals surface area (Å²) in [6.07, 6.45) is 1.56. The molecule has 30 heavy (non-hydrogen) atoms. The van der Waals surface area contributed by atoms with E-state index in [0.29, 0.717) is 37.2 Å². The van der Waals surface area contributed by atoms with Crippen molar-refractivity contribution in [3.8, 4) is 0 Å². The molecule has 1 fully saturated rings. The van der Waals surface area contributed by atoms with Crippen LogP contribution in [0.25, 0.3) is 0 Å². The van der Waals surface area contributed by atoms with Crippen LogP contribution in [0.15, 0.2) is 40.6 Å². The van der Waals surface area contributed by atoms with Crippen LogP contribution in [0.5, 0.6) is 0 Å². The number of amides is 2. The highest BCUT2D eigenvalue weighted by Gasteiger charge is 2.40. The molecule has 0 radical (unpaired) electrons. The number of carbonyl (C=O) groups excluding carboxylic acids is 2. The number of aryl methyl sites for hydroxylation is 1. The minimum atomic E-state index is -3.69. The van der Waals surface area contributed by atoms with Crippen LogP contribution in [-0.4, -0.2) is 37.1 Å². The summed E-state index contributed by atoms with van der Waals surface area (Å²) in [5.74, 6) is -0.134. The van der Waals surface area contributed by atoms with E-state index in [1.165, 1.54) is 15.6 Å². The minimum Gasteiger partial charge on any atom is -0.326 e. The highest BCUT2D eigenvalue weighted by atomic mass is 32.2. The third kappa shape index (κ3) is 5.27. The number of hydrogen-bond acceptors (Lipinski definition) is 5. The van der Waals surface area contributed by atoms with E-state index in [1.807, 2.05) is 20.8 Å². The lowest BCUT2D eigenvalue weighted by Gasteiger charge is -2.22. The van der Waals surface area contributed by atoms with Crippen molar-refractivity contribution in [3.05, 3.63) is 41.3 Å². The van der Waals surface area contributed by atoms with Gasteiger partial charge in [0.05, 0.1) is 0 Å². The first-order valence-electron chi connectivity index (χ1n) is 9.96. The van der Waals surface area contributed by atoms with Gasteiger partial charge in [-0.3, -0.25) is 9.59 Å². The van der Waals surface area contributed by atoms with Crippen LogP contribution in [0.3, 0.4) is 0 Å². The molecule has 1 aromatic carbocycles. The third-order valence-electron chi connectivity index (χ3n) is 4.81. The summed E-state index contributed by atoms with van der Waals surface area (Å²) in [5.41, 5.74) is 1.20. The van der Waals surface area contributed by atoms with Crippen molar-refractivity contribution < 1.29 is 18.0 Å². The van der Waals surface area contributed by atoms with Gasteiger partial charge >= 0.3 is 0 Å². The number of nitrogens with zero attached hydrogens (tertiary/aromatic N) is 1. The van der Waals surface area contributed by atoms with Crippen LogP contribution in [0.4, 0.5) is 11.4 Å². The van der Waals surface area contributed by atoms with E-state index < -0.39 is 16.1 Å². The molecule has 9 heteroatoms. The van der Waals surface area contributed by atoms with Gasteiger partial charge in [-0.1, -0.05) is 13.8 Å². The number of anilines is 2. The lowest BCUT2D eigenvalue weighted by Crippen LogP contribution is -2.42. The van der Waals surface area contributed by atoms with Crippen LogP contribution < -0.4 is 10.6 Å². The topological polar surface area (TPSA) is 95.6 Å². The largest absolute Gasteiger partial charge is 0.326 e. The van der Waals surface area contributed by atoms with E-state index in [4.69, 9.17) is 0 Å². The smallest absolute Gasteiger partial charge is 0.253 e. The molecule has 3 rings (SSSR count). The first-order valence-corrected chi connectivity index (χ1v) is 12.2. The molecule has 1 saturated heterocycles. The summed E-state index contributed by atoms with van der Waals surface area (Å²) >= 11 is 1.21. The summed E-state index contributed by atoms with van der Waals surface area (Å²) in [7, 11) is -3.69. The molecule has 0 unspecified atom stereocenters. The normalized spacial score (nSPS) is 17.3. The third-order valence-corrected chi connectivity index (χ3v) is 8.19. The Bertz CT molecular complexity index is 1010. The van der Waals surface area contributed by atoms with Crippen molar-refractivity contribution in [2.75, 3.05) is 17.2 Å². The van der Waals surface area contributed by atoms with E-state index >= 15 is 0 Å². The summed E-state index contributed by atoms with van der Waals surface area (Å²) in [5, 5.41) is 5.62. The molecule has 2 amide bonds. The lowest BCUT2D eigenvalue weighted by molar-refractivity contribution is -0.119. The quantitative estimate of drug-likeness (QED) is 0.671. The van der Waals surface area contributed by atoms with E-state index in [0.717, 1.165) is 4.88 Å². The fraction of sp³-hybridized carbons (Fsp3) is 0.429. The molecule has 1 atom stereocenters. The maximum Gasteiger partial charge on any atom is 0.253 e. The number of thiophene rings is 1. The number of hydrogen-bond donors (Lipinski definition) is 2. The van der Waals surface area contributed by atoms with Gasteiger partial charge in [-0.05, 0) is 62.1 Å². The predicted molar refractivity (Wildman–Crippen MR) is 119 cm³/mol. The molecule has 1 aliphatic heterocycles. The molecule has 162 valence electrons. The lowest BCUT2D eigenvalue weighted by atomic mass is 10.1. The van der Waals surface area contributed by atoms with Gasteiger partial charge in [-0.2, -0.15) is 4.31 Å². The molecule has 2 N–H and O–H groups in total. The summed E-state index contributed by atoms with van der Waals surface area (Å²) in [4.78, 5) is 25.6. The van der Waals surface area contributed by atoms with Gasteiger partial charge in [0.2, 0.25) is 11.8 Å². The molecule has 7 nitrogen and oxygen atoms in total. The fourth-order valence-electron chi connectivity index (χ4n) is 3.40. The van der Waals surface area contributed by atoms with Crippen LogP contribution >= 0.6 is 11.3 Å². The zero-order chi connectivity index (χ0) is 21.9. The Labute approximate surface area is 181 Å². The Kier molecular flexibility index (Phi) is 6.95. The molecule has 0 saturated carbocycles. The number of sulfonamides is 1. The highest BCUT2D eigenvalue weighted by molar-refractivity contribution is 7.91. The Morgan fingerprint density at radius 3 is 2.30 bits per heavy atom. The SMILES string of the molecule is Cc1ccc(S(=O)(=O)N2CCC[C@H]2C(=O)Nc2ccc(NC(=O)CC(C)C)cc2)s1. The van der Waals surface area contributed by atoms with Crippen molar-refractivity contribution in [2.45, 2.75) is 50.3 Å². The molecular formula is C21H27N3O4S2. The second kappa shape index (κ2) is 9.28. The Morgan fingerprint density at radius 1 is 1.10 bits per heavy atom. The van der Waals surface area contributed by atoms with Crippen molar-refractivity contribution in [2.24, 2.45) is 5.92 Å². The van der Waals surface area contributed by atoms with Gasteiger partial charge in [0, 0.05) is 29.2 Å². The number of nitrogens with one attached hydrogen (secondary N) is 2. The van der Waals surface area contributed by atoms with Crippen molar-refractivity contribution >= 4 is 44.5 Å². The van der Waals surface area contributed by atoms with E-state index in [2.05, 4.69) is 10.6 Å². The van der Waals surface area contributed by atoms with Gasteiger partial charge in [-0.25, -0.2) is 8.42 Å². The van der Waals surface area contributed by atoms with Crippen LogP contribution in [0.2, 0.25) is 0 Å². The van der Waals surface area contributed by atoms with Gasteiger partial charge in [0.1, 0.15) is 10.3 Å². The number of benzene rings is 1. The Balaban J connectivity index is 1.66. The monoisotopic (exact) mass is 449 g/mol. The molecule has 0 aliphatic carbocycles. The maximum atomic E-state index is 13.0. The van der Waals surface area contributed by atoms with Crippen molar-refractivity contribution in [1.29, 1.82) is 0 Å². The minimum absolute atomic E-state index is 0.0580. The van der Waals surface area contributed by atoms with Gasteiger partial charge in [-0.15, -0.1) is 11.3 Å². The van der Waals surface area contributed by atoms with E-state index in [9.17, 15) is 18.0 Å². The fourth-order valence-corrected chi connectivity index (χ4v) is 6.47. The number of rotatable bonds is 7. The molecule has 1 aromatic heterocycles. The zero-order valence-electron chi connectivity index (χ0n) is 17.3. The van der Waals surface area contributed by atoms with E-state index in [-0.39, 0.29) is 21.9 Å². The first-order chi connectivity index (χ1) is 14.2. The standard InChI is InChI=1S/C21H27N3O4S2/c1-14(2)13-19(25)22-16-7-9-17(10-8-16)23-21(26)18-5-4-12-24(18)30(27,28)20-11-6-15(3)29-20/h6-11,14,18H,4-5,12-13H2,1-3H3,(H,22,25)(H,23,26)/t18-/m0/s1.